The summed E-state index contributed by atoms with van der Waals surface area (Å²) in [7, 11) is -3.38. The summed E-state index contributed by atoms with van der Waals surface area (Å²) in [4.78, 5) is 0.382. The quantitative estimate of drug-likeness (QED) is 0.828. The molecule has 106 valence electrons. The van der Waals surface area contributed by atoms with Gasteiger partial charge in [-0.05, 0) is 37.0 Å². The molecule has 2 N–H and O–H groups in total. The zero-order chi connectivity index (χ0) is 13.9. The van der Waals surface area contributed by atoms with Crippen LogP contribution < -0.4 is 5.73 Å². The summed E-state index contributed by atoms with van der Waals surface area (Å²) >= 11 is 0. The maximum Gasteiger partial charge on any atom is 0.243 e. The lowest BCUT2D eigenvalue weighted by Gasteiger charge is -2.21. The van der Waals surface area contributed by atoms with E-state index >= 15 is 0 Å². The molecule has 2 rings (SSSR count). The van der Waals surface area contributed by atoms with Crippen LogP contribution in [0.15, 0.2) is 29.2 Å². The van der Waals surface area contributed by atoms with E-state index in [2.05, 4.69) is 6.92 Å². The topological polar surface area (TPSA) is 63.4 Å². The van der Waals surface area contributed by atoms with Crippen LogP contribution in [0.25, 0.3) is 0 Å². The molecule has 19 heavy (non-hydrogen) atoms. The first kappa shape index (κ1) is 14.5. The molecule has 4 nitrogen and oxygen atoms in total. The van der Waals surface area contributed by atoms with Gasteiger partial charge in [-0.1, -0.05) is 25.5 Å². The highest BCUT2D eigenvalue weighted by Gasteiger charge is 2.37. The first-order chi connectivity index (χ1) is 9.09. The highest BCUT2D eigenvalue weighted by Crippen LogP contribution is 2.31. The first-order valence-electron chi connectivity index (χ1n) is 6.90. The molecule has 5 heteroatoms. The number of hydrogen-bond donors (Lipinski definition) is 1. The molecule has 1 aromatic rings. The van der Waals surface area contributed by atoms with Crippen molar-refractivity contribution < 1.29 is 8.42 Å². The van der Waals surface area contributed by atoms with Crippen LogP contribution in [0.3, 0.4) is 0 Å². The van der Waals surface area contributed by atoms with E-state index in [0.29, 0.717) is 18.0 Å². The molecule has 0 saturated heterocycles. The monoisotopic (exact) mass is 282 g/mol. The number of hydrogen-bond acceptors (Lipinski definition) is 3. The number of nitrogens with zero attached hydrogens (tertiary/aromatic N) is 1. The lowest BCUT2D eigenvalue weighted by Crippen LogP contribution is -2.37. The summed E-state index contributed by atoms with van der Waals surface area (Å²) < 4.78 is 26.6. The lowest BCUT2D eigenvalue weighted by molar-refractivity contribution is 0.411. The molecule has 0 bridgehead atoms. The van der Waals surface area contributed by atoms with Crippen molar-refractivity contribution in [2.75, 3.05) is 13.1 Å². The van der Waals surface area contributed by atoms with E-state index in [1.54, 1.807) is 16.4 Å². The molecule has 0 atom stereocenters. The molecule has 0 aromatic heterocycles. The standard InChI is InChI=1S/C14H22N2O2S/c1-2-3-12-4-8-14(9-5-12)19(17,18)16(11-10-15)13-6-7-13/h4-5,8-9,13H,2-3,6-7,10-11,15H2,1H3. The van der Waals surface area contributed by atoms with Gasteiger partial charge in [0.15, 0.2) is 0 Å². The van der Waals surface area contributed by atoms with E-state index in [4.69, 9.17) is 5.73 Å². The minimum absolute atomic E-state index is 0.156. The number of benzene rings is 1. The van der Waals surface area contributed by atoms with Crippen molar-refractivity contribution in [3.63, 3.8) is 0 Å². The second-order valence-corrected chi connectivity index (χ2v) is 6.92. The second kappa shape index (κ2) is 6.03. The largest absolute Gasteiger partial charge is 0.329 e. The Hall–Kier alpha value is -0.910. The van der Waals surface area contributed by atoms with Gasteiger partial charge in [0.05, 0.1) is 4.90 Å². The highest BCUT2D eigenvalue weighted by atomic mass is 32.2. The zero-order valence-electron chi connectivity index (χ0n) is 11.4. The Labute approximate surface area is 115 Å². The fraction of sp³-hybridized carbons (Fsp3) is 0.571. The summed E-state index contributed by atoms with van der Waals surface area (Å²) in [6, 6.07) is 7.40. The van der Waals surface area contributed by atoms with Gasteiger partial charge in [0.25, 0.3) is 0 Å². The fourth-order valence-corrected chi connectivity index (χ4v) is 3.94. The Kier molecular flexibility index (Phi) is 4.60. The summed E-state index contributed by atoms with van der Waals surface area (Å²) in [6.07, 6.45) is 3.95. The van der Waals surface area contributed by atoms with Crippen molar-refractivity contribution in [3.8, 4) is 0 Å². The van der Waals surface area contributed by atoms with Crippen LogP contribution in [-0.4, -0.2) is 31.9 Å². The van der Waals surface area contributed by atoms with Crippen molar-refractivity contribution in [1.29, 1.82) is 0 Å². The van der Waals surface area contributed by atoms with E-state index in [0.717, 1.165) is 25.7 Å². The van der Waals surface area contributed by atoms with Crippen LogP contribution in [-0.2, 0) is 16.4 Å². The first-order valence-corrected chi connectivity index (χ1v) is 8.34. The van der Waals surface area contributed by atoms with Crippen LogP contribution in [0, 0.1) is 0 Å². The van der Waals surface area contributed by atoms with Crippen LogP contribution >= 0.6 is 0 Å². The van der Waals surface area contributed by atoms with Gasteiger partial charge >= 0.3 is 0 Å². The predicted octanol–water partition coefficient (Wildman–Crippen LogP) is 1.75. The summed E-state index contributed by atoms with van der Waals surface area (Å²) in [5.41, 5.74) is 6.71. The molecule has 0 amide bonds. The van der Waals surface area contributed by atoms with Gasteiger partial charge in [0.1, 0.15) is 0 Å². The molecular weight excluding hydrogens is 260 g/mol. The molecule has 0 aliphatic heterocycles. The van der Waals surface area contributed by atoms with Gasteiger partial charge in [0, 0.05) is 19.1 Å². The van der Waals surface area contributed by atoms with Gasteiger partial charge in [0.2, 0.25) is 10.0 Å². The molecule has 1 saturated carbocycles. The molecule has 0 spiro atoms. The summed E-state index contributed by atoms with van der Waals surface area (Å²) in [5.74, 6) is 0. The lowest BCUT2D eigenvalue weighted by atomic mass is 10.1. The molecule has 0 heterocycles. The highest BCUT2D eigenvalue weighted by molar-refractivity contribution is 7.89. The number of aryl methyl sites for hydroxylation is 1. The Bertz CT molecular complexity index is 507. The van der Waals surface area contributed by atoms with Crippen LogP contribution in [0.2, 0.25) is 0 Å². The van der Waals surface area contributed by atoms with E-state index < -0.39 is 10.0 Å². The summed E-state index contributed by atoms with van der Waals surface area (Å²) in [6.45, 7) is 2.88. The van der Waals surface area contributed by atoms with Crippen molar-refractivity contribution in [3.05, 3.63) is 29.8 Å². The minimum Gasteiger partial charge on any atom is -0.329 e. The maximum atomic E-state index is 12.5. The van der Waals surface area contributed by atoms with Crippen molar-refractivity contribution in [2.24, 2.45) is 5.73 Å². The third kappa shape index (κ3) is 3.35. The predicted molar refractivity (Wildman–Crippen MR) is 76.4 cm³/mol. The van der Waals surface area contributed by atoms with Crippen LogP contribution in [0.5, 0.6) is 0 Å². The molecule has 1 fully saturated rings. The van der Waals surface area contributed by atoms with Crippen LogP contribution in [0.1, 0.15) is 31.7 Å². The van der Waals surface area contributed by atoms with E-state index in [1.807, 2.05) is 12.1 Å². The fourth-order valence-electron chi connectivity index (χ4n) is 2.24. The second-order valence-electron chi connectivity index (χ2n) is 5.03. The smallest absolute Gasteiger partial charge is 0.243 e. The van der Waals surface area contributed by atoms with E-state index in [9.17, 15) is 8.42 Å². The van der Waals surface area contributed by atoms with Gasteiger partial charge in [-0.25, -0.2) is 8.42 Å². The average molecular weight is 282 g/mol. The van der Waals surface area contributed by atoms with Gasteiger partial charge in [-0.15, -0.1) is 0 Å². The number of sulfonamides is 1. The Balaban J connectivity index is 2.22. The van der Waals surface area contributed by atoms with Gasteiger partial charge in [-0.3, -0.25) is 0 Å². The normalized spacial score (nSPS) is 15.9. The Morgan fingerprint density at radius 2 is 1.89 bits per heavy atom. The molecule has 1 aliphatic rings. The third-order valence-corrected chi connectivity index (χ3v) is 5.34. The number of nitrogens with two attached hydrogens (primary N) is 1. The third-order valence-electron chi connectivity index (χ3n) is 3.37. The number of rotatable bonds is 7. The molecule has 1 aromatic carbocycles. The van der Waals surface area contributed by atoms with Gasteiger partial charge in [-0.2, -0.15) is 4.31 Å². The summed E-state index contributed by atoms with van der Waals surface area (Å²) in [5, 5.41) is 0. The SMILES string of the molecule is CCCc1ccc(S(=O)(=O)N(CCN)C2CC2)cc1. The Morgan fingerprint density at radius 3 is 2.37 bits per heavy atom. The van der Waals surface area contributed by atoms with E-state index in [-0.39, 0.29) is 6.04 Å². The zero-order valence-corrected chi connectivity index (χ0v) is 12.2. The average Bonchev–Trinajstić information content (AvgIpc) is 3.21. The molecule has 0 unspecified atom stereocenters. The van der Waals surface area contributed by atoms with Crippen LogP contribution in [0.4, 0.5) is 0 Å². The van der Waals surface area contributed by atoms with Crippen molar-refractivity contribution in [1.82, 2.24) is 4.31 Å². The van der Waals surface area contributed by atoms with E-state index in [1.165, 1.54) is 5.56 Å². The van der Waals surface area contributed by atoms with Crippen molar-refractivity contribution >= 4 is 10.0 Å². The molecule has 1 aliphatic carbocycles. The van der Waals surface area contributed by atoms with Gasteiger partial charge < -0.3 is 5.73 Å². The Morgan fingerprint density at radius 1 is 1.26 bits per heavy atom. The molecule has 0 radical (unpaired) electrons. The van der Waals surface area contributed by atoms with Crippen molar-refractivity contribution in [2.45, 2.75) is 43.5 Å². The minimum atomic E-state index is -3.38. The molecular formula is C14H22N2O2S. The maximum absolute atomic E-state index is 12.5.